The van der Waals surface area contributed by atoms with Crippen LogP contribution in [-0.2, 0) is 15.3 Å². The number of ketones is 1. The van der Waals surface area contributed by atoms with Crippen LogP contribution in [0, 0.1) is 0 Å². The lowest BCUT2D eigenvalue weighted by atomic mass is 9.93. The van der Waals surface area contributed by atoms with Crippen LogP contribution in [0.4, 0.5) is 5.13 Å². The number of aliphatic hydroxyl groups is 1. The van der Waals surface area contributed by atoms with Crippen LogP contribution in [0.15, 0.2) is 94.8 Å². The number of fused-ring (bicyclic) bond motifs is 2. The molecule has 8 nitrogen and oxygen atoms in total. The first-order valence-corrected chi connectivity index (χ1v) is 16.4. The van der Waals surface area contributed by atoms with Crippen molar-refractivity contribution in [1.82, 2.24) is 10.2 Å². The number of carbonyl (C=O) groups excluding carboxylic acids is 2. The van der Waals surface area contributed by atoms with Gasteiger partial charge < -0.3 is 14.6 Å². The van der Waals surface area contributed by atoms with Gasteiger partial charge in [0.15, 0.2) is 15.8 Å². The van der Waals surface area contributed by atoms with Gasteiger partial charge in [0.2, 0.25) is 5.13 Å². The maximum absolute atomic E-state index is 13.7. The van der Waals surface area contributed by atoms with Gasteiger partial charge in [0.1, 0.15) is 19.0 Å². The monoisotopic (exact) mass is 635 g/mol. The molecule has 0 bridgehead atoms. The summed E-state index contributed by atoms with van der Waals surface area (Å²) in [7, 11) is 0. The van der Waals surface area contributed by atoms with E-state index in [2.05, 4.69) is 48.3 Å². The first-order valence-electron chi connectivity index (χ1n) is 14.6. The molecule has 10 heteroatoms. The highest BCUT2D eigenvalue weighted by Gasteiger charge is 2.48. The molecule has 4 aromatic carbocycles. The molecule has 2 aliphatic rings. The van der Waals surface area contributed by atoms with Gasteiger partial charge in [0, 0.05) is 11.3 Å². The van der Waals surface area contributed by atoms with Gasteiger partial charge in [-0.15, -0.1) is 10.2 Å². The largest absolute Gasteiger partial charge is 0.507 e. The van der Waals surface area contributed by atoms with Gasteiger partial charge in [-0.3, -0.25) is 14.5 Å². The first kappa shape index (κ1) is 29.1. The van der Waals surface area contributed by atoms with E-state index in [0.717, 1.165) is 10.9 Å². The Morgan fingerprint density at radius 1 is 0.956 bits per heavy atom. The Morgan fingerprint density at radius 2 is 1.71 bits per heavy atom. The fraction of sp³-hybridized carbons (Fsp3) is 0.200. The third-order valence-corrected chi connectivity index (χ3v) is 10.1. The molecule has 3 heterocycles. The van der Waals surface area contributed by atoms with Crippen LogP contribution in [0.25, 0.3) is 16.5 Å². The summed E-state index contributed by atoms with van der Waals surface area (Å²) >= 11 is 2.77. The average Bonchev–Trinajstić information content (AvgIpc) is 3.64. The summed E-state index contributed by atoms with van der Waals surface area (Å²) in [5.74, 6) is 0.137. The molecule has 1 saturated heterocycles. The number of nitrogens with zero attached hydrogens (tertiary/aromatic N) is 3. The van der Waals surface area contributed by atoms with E-state index in [4.69, 9.17) is 9.47 Å². The summed E-state index contributed by atoms with van der Waals surface area (Å²) in [6, 6.07) is 26.3. The second kappa shape index (κ2) is 12.0. The predicted molar refractivity (Wildman–Crippen MR) is 176 cm³/mol. The predicted octanol–water partition coefficient (Wildman–Crippen LogP) is 7.50. The molecule has 226 valence electrons. The van der Waals surface area contributed by atoms with Crippen molar-refractivity contribution < 1.29 is 24.2 Å². The Bertz CT molecular complexity index is 1960. The molecule has 45 heavy (non-hydrogen) atoms. The molecule has 1 fully saturated rings. The number of Topliss-reactive ketones (excluding diaryl/α,β-unsaturated/α-hetero) is 1. The Labute approximate surface area is 268 Å². The lowest BCUT2D eigenvalue weighted by Crippen LogP contribution is -2.29. The summed E-state index contributed by atoms with van der Waals surface area (Å²) in [4.78, 5) is 28.7. The highest BCUT2D eigenvalue weighted by Crippen LogP contribution is 2.45. The van der Waals surface area contributed by atoms with Crippen LogP contribution in [0.1, 0.15) is 48.1 Å². The van der Waals surface area contributed by atoms with E-state index in [-0.39, 0.29) is 16.5 Å². The minimum atomic E-state index is -0.900. The van der Waals surface area contributed by atoms with Crippen LogP contribution in [0.2, 0.25) is 0 Å². The molecule has 0 spiro atoms. The SMILES string of the molecule is CC(C)c1ccc([C@H]2/C(=C(\O)c3ccc4c(c3)OCCO4)C(=O)C(=O)N2c2nnc(SCc3cccc4ccccc34)s2)cc1. The number of hydrogen-bond acceptors (Lipinski definition) is 9. The van der Waals surface area contributed by atoms with Crippen molar-refractivity contribution in [1.29, 1.82) is 0 Å². The molecule has 1 aromatic heterocycles. The van der Waals surface area contributed by atoms with Crippen molar-refractivity contribution in [3.63, 3.8) is 0 Å². The number of amides is 1. The molecule has 1 N–H and O–H groups in total. The quantitative estimate of drug-likeness (QED) is 0.0645. The molecule has 0 unspecified atom stereocenters. The fourth-order valence-corrected chi connectivity index (χ4v) is 7.54. The van der Waals surface area contributed by atoms with Crippen molar-refractivity contribution in [2.75, 3.05) is 18.1 Å². The van der Waals surface area contributed by atoms with Crippen LogP contribution < -0.4 is 14.4 Å². The Balaban J connectivity index is 1.26. The number of aliphatic hydroxyl groups excluding tert-OH is 1. The molecule has 2 aliphatic heterocycles. The minimum absolute atomic E-state index is 0.0193. The van der Waals surface area contributed by atoms with Gasteiger partial charge in [0.25, 0.3) is 5.78 Å². The van der Waals surface area contributed by atoms with Crippen LogP contribution >= 0.6 is 23.1 Å². The number of thioether (sulfide) groups is 1. The molecule has 0 aliphatic carbocycles. The maximum Gasteiger partial charge on any atom is 0.301 e. The normalized spacial score (nSPS) is 17.4. The zero-order valence-corrected chi connectivity index (χ0v) is 26.2. The topological polar surface area (TPSA) is 102 Å². The van der Waals surface area contributed by atoms with Crippen molar-refractivity contribution in [3.05, 3.63) is 113 Å². The lowest BCUT2D eigenvalue weighted by Gasteiger charge is -2.23. The summed E-state index contributed by atoms with van der Waals surface area (Å²) in [6.45, 7) is 5.00. The Morgan fingerprint density at radius 3 is 2.51 bits per heavy atom. The zero-order chi connectivity index (χ0) is 31.1. The number of ether oxygens (including phenoxy) is 2. The highest BCUT2D eigenvalue weighted by molar-refractivity contribution is 8.00. The van der Waals surface area contributed by atoms with Gasteiger partial charge >= 0.3 is 5.91 Å². The number of hydrogen-bond donors (Lipinski definition) is 1. The van der Waals surface area contributed by atoms with E-state index in [1.165, 1.54) is 38.9 Å². The molecule has 1 amide bonds. The second-order valence-corrected chi connectivity index (χ2v) is 13.3. The molecule has 5 aromatic rings. The summed E-state index contributed by atoms with van der Waals surface area (Å²) in [6.07, 6.45) is 0. The fourth-order valence-electron chi connectivity index (χ4n) is 5.67. The molecule has 0 radical (unpaired) electrons. The standard InChI is InChI=1S/C35H29N3O5S2/c1-20(2)21-10-12-23(13-11-21)30-29(31(39)24-14-15-27-28(18-24)43-17-16-42-27)32(40)33(41)38(30)34-36-37-35(45-34)44-19-25-8-5-7-22-6-3-4-9-26(22)25/h3-15,18,20,30,39H,16-17,19H2,1-2H3/b31-29+/t30-/m0/s1. The molecule has 1 atom stereocenters. The number of carbonyl (C=O) groups is 2. The Kier molecular flexibility index (Phi) is 7.76. The van der Waals surface area contributed by atoms with E-state index < -0.39 is 17.7 Å². The third kappa shape index (κ3) is 5.44. The van der Waals surface area contributed by atoms with Gasteiger partial charge in [-0.2, -0.15) is 0 Å². The van der Waals surface area contributed by atoms with Crippen molar-refractivity contribution in [2.24, 2.45) is 0 Å². The number of benzene rings is 4. The van der Waals surface area contributed by atoms with Crippen molar-refractivity contribution in [3.8, 4) is 11.5 Å². The first-order chi connectivity index (χ1) is 21.9. The van der Waals surface area contributed by atoms with Crippen LogP contribution in [0.5, 0.6) is 11.5 Å². The summed E-state index contributed by atoms with van der Waals surface area (Å²) < 4.78 is 12.0. The van der Waals surface area contributed by atoms with E-state index >= 15 is 0 Å². The highest BCUT2D eigenvalue weighted by atomic mass is 32.2. The number of anilines is 1. The lowest BCUT2D eigenvalue weighted by molar-refractivity contribution is -0.132. The summed E-state index contributed by atoms with van der Waals surface area (Å²) in [5, 5.41) is 23.0. The zero-order valence-electron chi connectivity index (χ0n) is 24.6. The number of rotatable bonds is 7. The van der Waals surface area contributed by atoms with Crippen molar-refractivity contribution >= 4 is 56.5 Å². The van der Waals surface area contributed by atoms with Gasteiger partial charge in [-0.25, -0.2) is 0 Å². The third-order valence-electron chi connectivity index (χ3n) is 8.01. The smallest absolute Gasteiger partial charge is 0.301 e. The second-order valence-electron chi connectivity index (χ2n) is 11.1. The van der Waals surface area contributed by atoms with E-state index in [9.17, 15) is 14.7 Å². The van der Waals surface area contributed by atoms with Gasteiger partial charge in [-0.1, -0.05) is 104 Å². The minimum Gasteiger partial charge on any atom is -0.507 e. The maximum atomic E-state index is 13.7. The van der Waals surface area contributed by atoms with E-state index in [0.29, 0.717) is 51.9 Å². The molecular formula is C35H29N3O5S2. The van der Waals surface area contributed by atoms with E-state index in [1.807, 2.05) is 42.5 Å². The molecule has 7 rings (SSSR count). The van der Waals surface area contributed by atoms with E-state index in [1.54, 1.807) is 18.2 Å². The van der Waals surface area contributed by atoms with Crippen LogP contribution in [0.3, 0.4) is 0 Å². The van der Waals surface area contributed by atoms with Gasteiger partial charge in [0.05, 0.1) is 11.6 Å². The van der Waals surface area contributed by atoms with Gasteiger partial charge in [-0.05, 0) is 51.6 Å². The Hall–Kier alpha value is -4.67. The average molecular weight is 636 g/mol. The molecule has 0 saturated carbocycles. The number of aromatic nitrogens is 2. The molecular weight excluding hydrogens is 607 g/mol. The van der Waals surface area contributed by atoms with Crippen molar-refractivity contribution in [2.45, 2.75) is 35.9 Å². The van der Waals surface area contributed by atoms with Crippen LogP contribution in [-0.4, -0.2) is 40.2 Å². The summed E-state index contributed by atoms with van der Waals surface area (Å²) in [5.41, 5.74) is 3.29.